The minimum Gasteiger partial charge on any atom is -0.328 e. The van der Waals surface area contributed by atoms with Crippen molar-refractivity contribution in [3.05, 3.63) is 0 Å². The van der Waals surface area contributed by atoms with E-state index >= 15 is 0 Å². The number of nitrogens with one attached hydrogen (secondary N) is 1. The van der Waals surface area contributed by atoms with Gasteiger partial charge in [0.05, 0.1) is 0 Å². The molecule has 1 aliphatic rings. The normalized spacial score (nSPS) is 29.4. The first-order chi connectivity index (χ1) is 7.17. The molecular formula is C13H28N2. The van der Waals surface area contributed by atoms with Crippen LogP contribution in [0.2, 0.25) is 0 Å². The van der Waals surface area contributed by atoms with Crippen LogP contribution in [0.1, 0.15) is 59.3 Å². The van der Waals surface area contributed by atoms with Gasteiger partial charge in [-0.3, -0.25) is 0 Å². The lowest BCUT2D eigenvalue weighted by molar-refractivity contribution is 0.268. The van der Waals surface area contributed by atoms with E-state index in [2.05, 4.69) is 26.1 Å². The minimum absolute atomic E-state index is 0.435. The first-order valence-electron chi connectivity index (χ1n) is 6.69. The lowest BCUT2D eigenvalue weighted by atomic mass is 9.89. The maximum Gasteiger partial charge on any atom is 0.00843 e. The summed E-state index contributed by atoms with van der Waals surface area (Å²) in [7, 11) is 0. The van der Waals surface area contributed by atoms with Crippen molar-refractivity contribution in [3.8, 4) is 0 Å². The molecule has 0 heterocycles. The zero-order valence-corrected chi connectivity index (χ0v) is 10.6. The average Bonchev–Trinajstić information content (AvgIpc) is 2.19. The van der Waals surface area contributed by atoms with Crippen LogP contribution < -0.4 is 11.1 Å². The van der Waals surface area contributed by atoms with Gasteiger partial charge in [0.2, 0.25) is 0 Å². The number of rotatable bonds is 5. The highest BCUT2D eigenvalue weighted by Gasteiger charge is 2.22. The van der Waals surface area contributed by atoms with Gasteiger partial charge in [0.15, 0.2) is 0 Å². The SMILES string of the molecule is CCC(CC)C(C)NC1CCCC(N)C1. The molecule has 3 atom stereocenters. The largest absolute Gasteiger partial charge is 0.328 e. The van der Waals surface area contributed by atoms with Gasteiger partial charge in [-0.2, -0.15) is 0 Å². The summed E-state index contributed by atoms with van der Waals surface area (Å²) >= 11 is 0. The Hall–Kier alpha value is -0.0800. The van der Waals surface area contributed by atoms with Crippen LogP contribution in [0.3, 0.4) is 0 Å². The molecule has 1 fully saturated rings. The monoisotopic (exact) mass is 212 g/mol. The number of nitrogens with two attached hydrogens (primary N) is 1. The molecule has 0 radical (unpaired) electrons. The van der Waals surface area contributed by atoms with E-state index < -0.39 is 0 Å². The molecule has 0 saturated heterocycles. The van der Waals surface area contributed by atoms with Crippen molar-refractivity contribution in [2.45, 2.75) is 77.4 Å². The number of hydrogen-bond acceptors (Lipinski definition) is 2. The molecule has 2 nitrogen and oxygen atoms in total. The predicted molar refractivity (Wildman–Crippen MR) is 66.9 cm³/mol. The fraction of sp³-hybridized carbons (Fsp3) is 1.00. The first kappa shape index (κ1) is 13.0. The fourth-order valence-electron chi connectivity index (χ4n) is 2.88. The zero-order valence-electron chi connectivity index (χ0n) is 10.6. The molecule has 0 aromatic carbocycles. The minimum atomic E-state index is 0.435. The molecule has 0 spiro atoms. The Morgan fingerprint density at radius 2 is 1.93 bits per heavy atom. The molecule has 1 aliphatic carbocycles. The molecule has 90 valence electrons. The highest BCUT2D eigenvalue weighted by Crippen LogP contribution is 2.20. The molecule has 1 saturated carbocycles. The molecule has 15 heavy (non-hydrogen) atoms. The summed E-state index contributed by atoms with van der Waals surface area (Å²) in [6.07, 6.45) is 7.57. The van der Waals surface area contributed by atoms with Crippen molar-refractivity contribution < 1.29 is 0 Å². The summed E-state index contributed by atoms with van der Waals surface area (Å²) in [6.45, 7) is 6.91. The molecule has 1 rings (SSSR count). The van der Waals surface area contributed by atoms with Crippen LogP contribution in [0.15, 0.2) is 0 Å². The van der Waals surface area contributed by atoms with Gasteiger partial charge < -0.3 is 11.1 Å². The van der Waals surface area contributed by atoms with Crippen LogP contribution >= 0.6 is 0 Å². The molecule has 0 aromatic heterocycles. The summed E-state index contributed by atoms with van der Waals surface area (Å²) in [4.78, 5) is 0. The molecular weight excluding hydrogens is 184 g/mol. The summed E-state index contributed by atoms with van der Waals surface area (Å²) in [5, 5.41) is 3.77. The molecule has 0 amide bonds. The molecule has 0 aromatic rings. The van der Waals surface area contributed by atoms with Gasteiger partial charge in [0.1, 0.15) is 0 Å². The third-order valence-corrected chi connectivity index (χ3v) is 3.97. The smallest absolute Gasteiger partial charge is 0.00843 e. The van der Waals surface area contributed by atoms with Gasteiger partial charge in [0, 0.05) is 18.1 Å². The van der Waals surface area contributed by atoms with Crippen LogP contribution in [0.5, 0.6) is 0 Å². The van der Waals surface area contributed by atoms with Gasteiger partial charge in [-0.15, -0.1) is 0 Å². The Bertz CT molecular complexity index is 166. The van der Waals surface area contributed by atoms with Crippen molar-refractivity contribution in [2.75, 3.05) is 0 Å². The summed E-state index contributed by atoms with van der Waals surface area (Å²) in [5.41, 5.74) is 6.00. The van der Waals surface area contributed by atoms with Crippen molar-refractivity contribution in [2.24, 2.45) is 11.7 Å². The van der Waals surface area contributed by atoms with Gasteiger partial charge in [0.25, 0.3) is 0 Å². The zero-order chi connectivity index (χ0) is 11.3. The van der Waals surface area contributed by atoms with Crippen molar-refractivity contribution in [1.29, 1.82) is 0 Å². The lowest BCUT2D eigenvalue weighted by Gasteiger charge is -2.32. The Kier molecular flexibility index (Phi) is 5.62. The van der Waals surface area contributed by atoms with Crippen molar-refractivity contribution in [3.63, 3.8) is 0 Å². The molecule has 3 unspecified atom stereocenters. The number of hydrogen-bond donors (Lipinski definition) is 2. The lowest BCUT2D eigenvalue weighted by Crippen LogP contribution is -2.45. The Morgan fingerprint density at radius 3 is 2.47 bits per heavy atom. The standard InChI is InChI=1S/C13H28N2/c1-4-11(5-2)10(3)15-13-8-6-7-12(14)9-13/h10-13,15H,4-9,14H2,1-3H3. The average molecular weight is 212 g/mol. The van der Waals surface area contributed by atoms with E-state index in [9.17, 15) is 0 Å². The Morgan fingerprint density at radius 1 is 1.27 bits per heavy atom. The van der Waals surface area contributed by atoms with Crippen molar-refractivity contribution >= 4 is 0 Å². The fourth-order valence-corrected chi connectivity index (χ4v) is 2.88. The quantitative estimate of drug-likeness (QED) is 0.735. The van der Waals surface area contributed by atoms with E-state index in [-0.39, 0.29) is 0 Å². The summed E-state index contributed by atoms with van der Waals surface area (Å²) in [5.74, 6) is 0.822. The first-order valence-corrected chi connectivity index (χ1v) is 6.69. The van der Waals surface area contributed by atoms with E-state index in [1.54, 1.807) is 0 Å². The molecule has 0 bridgehead atoms. The van der Waals surface area contributed by atoms with E-state index in [0.29, 0.717) is 18.1 Å². The second-order valence-electron chi connectivity index (χ2n) is 5.16. The van der Waals surface area contributed by atoms with Gasteiger partial charge in [-0.1, -0.05) is 33.1 Å². The highest BCUT2D eigenvalue weighted by atomic mass is 15.0. The third-order valence-electron chi connectivity index (χ3n) is 3.97. The van der Waals surface area contributed by atoms with Gasteiger partial charge in [-0.05, 0) is 32.1 Å². The van der Waals surface area contributed by atoms with E-state index in [1.807, 2.05) is 0 Å². The highest BCUT2D eigenvalue weighted by molar-refractivity contribution is 4.83. The third kappa shape index (κ3) is 4.12. The topological polar surface area (TPSA) is 38.0 Å². The van der Waals surface area contributed by atoms with Crippen LogP contribution in [0.25, 0.3) is 0 Å². The Balaban J connectivity index is 2.32. The summed E-state index contributed by atoms with van der Waals surface area (Å²) < 4.78 is 0. The van der Waals surface area contributed by atoms with Crippen molar-refractivity contribution in [1.82, 2.24) is 5.32 Å². The van der Waals surface area contributed by atoms with Gasteiger partial charge in [-0.25, -0.2) is 0 Å². The molecule has 0 aliphatic heterocycles. The van der Waals surface area contributed by atoms with Gasteiger partial charge >= 0.3 is 0 Å². The second kappa shape index (κ2) is 6.49. The maximum absolute atomic E-state index is 6.00. The summed E-state index contributed by atoms with van der Waals surface area (Å²) in [6, 6.07) is 1.75. The second-order valence-corrected chi connectivity index (χ2v) is 5.16. The van der Waals surface area contributed by atoms with E-state index in [4.69, 9.17) is 5.73 Å². The maximum atomic E-state index is 6.00. The molecule has 3 N–H and O–H groups in total. The van der Waals surface area contributed by atoms with Crippen LogP contribution in [-0.2, 0) is 0 Å². The molecule has 2 heteroatoms. The van der Waals surface area contributed by atoms with E-state index in [1.165, 1.54) is 38.5 Å². The predicted octanol–water partition coefficient (Wildman–Crippen LogP) is 2.67. The van der Waals surface area contributed by atoms with E-state index in [0.717, 1.165) is 5.92 Å². The van der Waals surface area contributed by atoms with Crippen LogP contribution in [-0.4, -0.2) is 18.1 Å². The van der Waals surface area contributed by atoms with Crippen LogP contribution in [0.4, 0.5) is 0 Å². The van der Waals surface area contributed by atoms with Crippen LogP contribution in [0, 0.1) is 5.92 Å². The Labute approximate surface area is 95.0 Å².